The Balaban J connectivity index is 2.34. The van der Waals surface area contributed by atoms with E-state index in [1.165, 1.54) is 5.56 Å². The fourth-order valence-corrected chi connectivity index (χ4v) is 2.62. The maximum Gasteiger partial charge on any atom is 0.137 e. The lowest BCUT2D eigenvalue weighted by Crippen LogP contribution is -2.05. The Kier molecular flexibility index (Phi) is 3.26. The molecule has 106 valence electrons. The summed E-state index contributed by atoms with van der Waals surface area (Å²) in [4.78, 5) is 0. The summed E-state index contributed by atoms with van der Waals surface area (Å²) < 4.78 is 6.02. The van der Waals surface area contributed by atoms with Crippen molar-refractivity contribution < 1.29 is 9.62 Å². The van der Waals surface area contributed by atoms with Crippen LogP contribution in [0.3, 0.4) is 0 Å². The van der Waals surface area contributed by atoms with Crippen LogP contribution in [0.25, 0.3) is 22.3 Å². The van der Waals surface area contributed by atoms with Crippen molar-refractivity contribution in [1.82, 2.24) is 0 Å². The molecule has 0 atom stereocenters. The monoisotopic (exact) mass is 279 g/mol. The minimum absolute atomic E-state index is 0.532. The van der Waals surface area contributed by atoms with Crippen LogP contribution in [-0.2, 0) is 0 Å². The Morgan fingerprint density at radius 3 is 2.29 bits per heavy atom. The molecule has 0 amide bonds. The van der Waals surface area contributed by atoms with Gasteiger partial charge in [-0.15, -0.1) is 0 Å². The van der Waals surface area contributed by atoms with E-state index in [0.717, 1.165) is 27.7 Å². The molecule has 3 heteroatoms. The Bertz CT molecular complexity index is 874. The van der Waals surface area contributed by atoms with Gasteiger partial charge in [0.05, 0.1) is 0 Å². The summed E-state index contributed by atoms with van der Waals surface area (Å²) in [6.07, 6.45) is 0. The van der Waals surface area contributed by atoms with E-state index in [4.69, 9.17) is 4.42 Å². The van der Waals surface area contributed by atoms with E-state index in [1.807, 2.05) is 51.1 Å². The van der Waals surface area contributed by atoms with E-state index in [0.29, 0.717) is 11.1 Å². The first-order valence-electron chi connectivity index (χ1n) is 6.89. The standard InChI is InChI=1S/C18H17NO2/c1-11-4-6-14(7-5-11)16-10-15(19-20)18-13(3)8-12(2)9-17(18)21-16/h4-10,20H,1-3H3/b19-15-. The highest BCUT2D eigenvalue weighted by molar-refractivity contribution is 5.82. The van der Waals surface area contributed by atoms with Crippen molar-refractivity contribution in [3.05, 3.63) is 64.5 Å². The fourth-order valence-electron chi connectivity index (χ4n) is 2.62. The molecule has 3 rings (SSSR count). The number of rotatable bonds is 1. The summed E-state index contributed by atoms with van der Waals surface area (Å²) in [6.45, 7) is 6.06. The average molecular weight is 279 g/mol. The zero-order valence-electron chi connectivity index (χ0n) is 12.3. The molecule has 0 fully saturated rings. The third-order valence-corrected chi connectivity index (χ3v) is 3.63. The van der Waals surface area contributed by atoms with Gasteiger partial charge in [0.15, 0.2) is 0 Å². The summed E-state index contributed by atoms with van der Waals surface area (Å²) in [6, 6.07) is 13.9. The normalized spacial score (nSPS) is 12.0. The van der Waals surface area contributed by atoms with Gasteiger partial charge in [-0.2, -0.15) is 0 Å². The van der Waals surface area contributed by atoms with E-state index in [1.54, 1.807) is 6.07 Å². The van der Waals surface area contributed by atoms with Crippen molar-refractivity contribution in [2.24, 2.45) is 5.16 Å². The molecule has 1 heterocycles. The molecule has 1 N–H and O–H groups in total. The van der Waals surface area contributed by atoms with Crippen LogP contribution in [0, 0.1) is 20.8 Å². The Morgan fingerprint density at radius 2 is 1.62 bits per heavy atom. The molecule has 3 aromatic rings. The van der Waals surface area contributed by atoms with Gasteiger partial charge < -0.3 is 9.62 Å². The molecule has 0 radical (unpaired) electrons. The summed E-state index contributed by atoms with van der Waals surface area (Å²) in [5.74, 6) is 0.695. The first kappa shape index (κ1) is 13.4. The van der Waals surface area contributed by atoms with Crippen molar-refractivity contribution in [1.29, 1.82) is 0 Å². The maximum absolute atomic E-state index is 9.33. The Labute approximate surface area is 123 Å². The highest BCUT2D eigenvalue weighted by Gasteiger charge is 2.09. The summed E-state index contributed by atoms with van der Waals surface area (Å²) in [5, 5.41) is 14.1. The second-order valence-electron chi connectivity index (χ2n) is 5.42. The van der Waals surface area contributed by atoms with Gasteiger partial charge in [0.1, 0.15) is 16.7 Å². The molecule has 0 aliphatic rings. The average Bonchev–Trinajstić information content (AvgIpc) is 2.46. The number of hydrogen-bond acceptors (Lipinski definition) is 3. The van der Waals surface area contributed by atoms with E-state index in [2.05, 4.69) is 11.2 Å². The number of hydrogen-bond donors (Lipinski definition) is 1. The predicted molar refractivity (Wildman–Crippen MR) is 83.2 cm³/mol. The molecule has 0 saturated heterocycles. The third kappa shape index (κ3) is 2.42. The zero-order chi connectivity index (χ0) is 15.0. The molecule has 2 aromatic carbocycles. The molecule has 0 aliphatic carbocycles. The van der Waals surface area contributed by atoms with Gasteiger partial charge in [-0.1, -0.05) is 41.1 Å². The SMILES string of the molecule is Cc1ccc(-c2c/c(=N/O)c3c(C)cc(C)cc3o2)cc1. The quantitative estimate of drug-likeness (QED) is 0.532. The van der Waals surface area contributed by atoms with E-state index in [-0.39, 0.29) is 0 Å². The highest BCUT2D eigenvalue weighted by atomic mass is 16.4. The van der Waals surface area contributed by atoms with Crippen molar-refractivity contribution in [3.63, 3.8) is 0 Å². The maximum atomic E-state index is 9.33. The minimum Gasteiger partial charge on any atom is -0.456 e. The molecule has 0 aliphatic heterocycles. The lowest BCUT2D eigenvalue weighted by molar-refractivity contribution is 0.302. The molecule has 1 aromatic heterocycles. The van der Waals surface area contributed by atoms with Crippen LogP contribution in [-0.4, -0.2) is 5.21 Å². The second kappa shape index (κ2) is 5.09. The van der Waals surface area contributed by atoms with Crippen LogP contribution in [0.5, 0.6) is 0 Å². The first-order chi connectivity index (χ1) is 10.1. The number of benzene rings is 2. The van der Waals surface area contributed by atoms with Crippen LogP contribution in [0.15, 0.2) is 52.0 Å². The molecule has 0 bridgehead atoms. The molecular weight excluding hydrogens is 262 g/mol. The largest absolute Gasteiger partial charge is 0.456 e. The molecule has 0 unspecified atom stereocenters. The number of nitrogens with zero attached hydrogens (tertiary/aromatic N) is 1. The third-order valence-electron chi connectivity index (χ3n) is 3.63. The summed E-state index contributed by atoms with van der Waals surface area (Å²) in [5.41, 5.74) is 5.05. The van der Waals surface area contributed by atoms with Crippen molar-refractivity contribution in [2.45, 2.75) is 20.8 Å². The lowest BCUT2D eigenvalue weighted by atomic mass is 10.0. The van der Waals surface area contributed by atoms with Gasteiger partial charge in [0.25, 0.3) is 0 Å². The van der Waals surface area contributed by atoms with Gasteiger partial charge >= 0.3 is 0 Å². The van der Waals surface area contributed by atoms with Gasteiger partial charge in [-0.25, -0.2) is 0 Å². The summed E-state index contributed by atoms with van der Waals surface area (Å²) >= 11 is 0. The first-order valence-corrected chi connectivity index (χ1v) is 6.89. The van der Waals surface area contributed by atoms with Crippen molar-refractivity contribution in [2.75, 3.05) is 0 Å². The molecular formula is C18H17NO2. The number of aryl methyl sites for hydroxylation is 3. The number of fused-ring (bicyclic) bond motifs is 1. The Morgan fingerprint density at radius 1 is 0.905 bits per heavy atom. The van der Waals surface area contributed by atoms with Gasteiger partial charge in [0, 0.05) is 17.0 Å². The Hall–Kier alpha value is -2.55. The van der Waals surface area contributed by atoms with Crippen LogP contribution >= 0.6 is 0 Å². The fraction of sp³-hybridized carbons (Fsp3) is 0.167. The molecule has 0 spiro atoms. The molecule has 3 nitrogen and oxygen atoms in total. The lowest BCUT2D eigenvalue weighted by Gasteiger charge is -2.07. The van der Waals surface area contributed by atoms with Gasteiger partial charge in [-0.05, 0) is 38.0 Å². The van der Waals surface area contributed by atoms with Crippen molar-refractivity contribution in [3.8, 4) is 11.3 Å². The zero-order valence-corrected chi connectivity index (χ0v) is 12.3. The minimum atomic E-state index is 0.532. The van der Waals surface area contributed by atoms with Crippen molar-refractivity contribution >= 4 is 11.0 Å². The van der Waals surface area contributed by atoms with Crippen LogP contribution < -0.4 is 5.36 Å². The van der Waals surface area contributed by atoms with E-state index in [9.17, 15) is 5.21 Å². The van der Waals surface area contributed by atoms with Gasteiger partial charge in [0.2, 0.25) is 0 Å². The topological polar surface area (TPSA) is 45.7 Å². The van der Waals surface area contributed by atoms with E-state index < -0.39 is 0 Å². The molecule has 0 saturated carbocycles. The smallest absolute Gasteiger partial charge is 0.137 e. The predicted octanol–water partition coefficient (Wildman–Crippen LogP) is 4.31. The highest BCUT2D eigenvalue weighted by Crippen LogP contribution is 2.25. The van der Waals surface area contributed by atoms with Crippen LogP contribution in [0.2, 0.25) is 0 Å². The molecule has 21 heavy (non-hydrogen) atoms. The van der Waals surface area contributed by atoms with Gasteiger partial charge in [-0.3, -0.25) is 0 Å². The summed E-state index contributed by atoms with van der Waals surface area (Å²) in [7, 11) is 0. The second-order valence-corrected chi connectivity index (χ2v) is 5.42. The van der Waals surface area contributed by atoms with Crippen LogP contribution in [0.4, 0.5) is 0 Å². The van der Waals surface area contributed by atoms with Crippen LogP contribution in [0.1, 0.15) is 16.7 Å². The van der Waals surface area contributed by atoms with E-state index >= 15 is 0 Å².